The van der Waals surface area contributed by atoms with Crippen molar-refractivity contribution in [3.63, 3.8) is 0 Å². The van der Waals surface area contributed by atoms with Crippen LogP contribution in [0.15, 0.2) is 95.1 Å². The predicted molar refractivity (Wildman–Crippen MR) is 167 cm³/mol. The molecule has 5 rings (SSSR count). The van der Waals surface area contributed by atoms with Gasteiger partial charge in [0.1, 0.15) is 0 Å². The highest BCUT2D eigenvalue weighted by Gasteiger charge is 2.36. The van der Waals surface area contributed by atoms with Crippen LogP contribution in [-0.2, 0) is 30.6 Å². The first-order valence-electron chi connectivity index (χ1n) is 15.0. The third kappa shape index (κ3) is 8.53. The number of piperidine rings is 1. The maximum absolute atomic E-state index is 13.6. The molecule has 1 N–H and O–H groups in total. The van der Waals surface area contributed by atoms with Gasteiger partial charge in [0.15, 0.2) is 5.69 Å². The van der Waals surface area contributed by atoms with Crippen LogP contribution in [0, 0.1) is 18.0 Å². The van der Waals surface area contributed by atoms with Crippen LogP contribution in [0.25, 0.3) is 16.9 Å². The molecule has 0 saturated carbocycles. The summed E-state index contributed by atoms with van der Waals surface area (Å²) in [4.78, 5) is 29.9. The van der Waals surface area contributed by atoms with Gasteiger partial charge in [0.05, 0.1) is 45.8 Å². The average Bonchev–Trinajstić information content (AvgIpc) is 3.54. The molecular weight excluding hydrogens is 669 g/mol. The van der Waals surface area contributed by atoms with Crippen molar-refractivity contribution in [2.75, 3.05) is 13.1 Å². The van der Waals surface area contributed by atoms with Crippen molar-refractivity contribution < 1.29 is 45.7 Å². The van der Waals surface area contributed by atoms with Crippen LogP contribution in [0.1, 0.15) is 41.4 Å². The zero-order chi connectivity index (χ0) is 35.3. The van der Waals surface area contributed by atoms with Gasteiger partial charge in [-0.1, -0.05) is 48.0 Å². The fraction of sp³-hybridized carbons (Fsp3) is 0.281. The number of sulfonamides is 1. The summed E-state index contributed by atoms with van der Waals surface area (Å²) in [5.74, 6) is -2.46. The van der Waals surface area contributed by atoms with Gasteiger partial charge in [-0.05, 0) is 62.2 Å². The standard InChI is InChI=1S/C32H31F3N6O7S/c1-21-10-12-23(13-11-21)28-19-29(32(33,34)35)36-40(28)26-14-16-27(17-15-26)49(45,46)37-30(42)25-9-6-18-39(20-25)41(44)38-48-22(2)47-31(43)24-7-4-3-5-8-24/h3-5,7-8,10-17,19,22,25H,6,9,18,20H2,1-2H3,(H,37,42)/b41-38-. The van der Waals surface area contributed by atoms with E-state index in [9.17, 15) is 36.4 Å². The second kappa shape index (κ2) is 14.3. The van der Waals surface area contributed by atoms with E-state index in [0.717, 1.165) is 33.5 Å². The largest absolute Gasteiger partial charge is 0.569 e. The minimum Gasteiger partial charge on any atom is -0.569 e. The first-order valence-corrected chi connectivity index (χ1v) is 16.5. The topological polar surface area (TPSA) is 158 Å². The van der Waals surface area contributed by atoms with Gasteiger partial charge in [-0.3, -0.25) is 9.63 Å². The van der Waals surface area contributed by atoms with Crippen LogP contribution in [0.3, 0.4) is 0 Å². The minimum absolute atomic E-state index is 0.101. The Morgan fingerprint density at radius 2 is 1.73 bits per heavy atom. The van der Waals surface area contributed by atoms with E-state index in [2.05, 4.69) is 10.4 Å². The Morgan fingerprint density at radius 3 is 2.39 bits per heavy atom. The highest BCUT2D eigenvalue weighted by molar-refractivity contribution is 7.90. The Bertz CT molecular complexity index is 1930. The number of nitrogens with one attached hydrogen (secondary N) is 1. The van der Waals surface area contributed by atoms with Crippen LogP contribution in [0.5, 0.6) is 0 Å². The first-order chi connectivity index (χ1) is 23.2. The van der Waals surface area contributed by atoms with E-state index >= 15 is 0 Å². The molecule has 0 radical (unpaired) electrons. The molecule has 2 atom stereocenters. The summed E-state index contributed by atoms with van der Waals surface area (Å²) >= 11 is 0. The molecule has 4 aromatic rings. The number of aryl methyl sites for hydroxylation is 1. The van der Waals surface area contributed by atoms with Gasteiger partial charge >= 0.3 is 12.1 Å². The van der Waals surface area contributed by atoms with E-state index in [4.69, 9.17) is 9.57 Å². The number of ether oxygens (including phenoxy) is 1. The number of hydrogen-bond acceptors (Lipinski definition) is 9. The van der Waals surface area contributed by atoms with Crippen LogP contribution in [0.4, 0.5) is 13.2 Å². The molecule has 258 valence electrons. The monoisotopic (exact) mass is 700 g/mol. The molecule has 0 bridgehead atoms. The van der Waals surface area contributed by atoms with Crippen LogP contribution in [0.2, 0.25) is 0 Å². The molecule has 1 fully saturated rings. The SMILES string of the molecule is Cc1ccc(-c2cc(C(F)(F)F)nn2-c2ccc(S(=O)(=O)NC(=O)C3CCCN(/[N+]([O-])=N/OC(C)OC(=O)c4ccccc4)C3)cc2)cc1. The number of benzene rings is 3. The second-order valence-electron chi connectivity index (χ2n) is 11.2. The normalized spacial score (nSPS) is 16.1. The summed E-state index contributed by atoms with van der Waals surface area (Å²) in [5, 5.41) is 20.8. The lowest BCUT2D eigenvalue weighted by atomic mass is 9.99. The third-order valence-electron chi connectivity index (χ3n) is 7.53. The molecule has 17 heteroatoms. The zero-order valence-electron chi connectivity index (χ0n) is 26.2. The van der Waals surface area contributed by atoms with E-state index < -0.39 is 46.0 Å². The Labute approximate surface area is 279 Å². The average molecular weight is 701 g/mol. The van der Waals surface area contributed by atoms with Crippen molar-refractivity contribution in [1.29, 1.82) is 0 Å². The second-order valence-corrected chi connectivity index (χ2v) is 12.9. The third-order valence-corrected chi connectivity index (χ3v) is 8.90. The number of nitrogens with zero attached hydrogens (tertiary/aromatic N) is 5. The highest BCUT2D eigenvalue weighted by Crippen LogP contribution is 2.33. The smallest absolute Gasteiger partial charge is 0.435 e. The lowest BCUT2D eigenvalue weighted by Crippen LogP contribution is -2.46. The van der Waals surface area contributed by atoms with Gasteiger partial charge in [0.2, 0.25) is 11.2 Å². The van der Waals surface area contributed by atoms with Crippen LogP contribution < -0.4 is 4.72 Å². The summed E-state index contributed by atoms with van der Waals surface area (Å²) in [7, 11) is -4.40. The van der Waals surface area contributed by atoms with E-state index in [1.165, 1.54) is 19.1 Å². The highest BCUT2D eigenvalue weighted by atomic mass is 32.2. The molecule has 13 nitrogen and oxygen atoms in total. The Kier molecular flexibility index (Phi) is 10.2. The maximum atomic E-state index is 13.6. The van der Waals surface area contributed by atoms with Gasteiger partial charge in [0, 0.05) is 12.5 Å². The summed E-state index contributed by atoms with van der Waals surface area (Å²) < 4.78 is 75.1. The van der Waals surface area contributed by atoms with E-state index in [-0.39, 0.29) is 46.3 Å². The molecule has 3 aromatic carbocycles. The zero-order valence-corrected chi connectivity index (χ0v) is 27.0. The summed E-state index contributed by atoms with van der Waals surface area (Å²) in [6.45, 7) is 3.21. The quantitative estimate of drug-likeness (QED) is 0.0752. The van der Waals surface area contributed by atoms with Gasteiger partial charge in [-0.2, -0.15) is 18.3 Å². The van der Waals surface area contributed by atoms with Crippen LogP contribution in [-0.4, -0.2) is 59.4 Å². The molecule has 1 amide bonds. The minimum atomic E-state index is -4.72. The van der Waals surface area contributed by atoms with Gasteiger partial charge in [0.25, 0.3) is 16.3 Å². The predicted octanol–water partition coefficient (Wildman–Crippen LogP) is 5.40. The number of hydrazine groups is 1. The molecule has 1 aliphatic heterocycles. The van der Waals surface area contributed by atoms with E-state index in [1.807, 2.05) is 11.6 Å². The molecule has 1 aromatic heterocycles. The molecule has 2 heterocycles. The van der Waals surface area contributed by atoms with Crippen molar-refractivity contribution in [3.05, 3.63) is 107 Å². The molecule has 2 unspecified atom stereocenters. The molecular formula is C32H31F3N6O7S. The number of amides is 1. The number of carbonyl (C=O) groups is 2. The number of rotatable bonds is 10. The Morgan fingerprint density at radius 1 is 1.06 bits per heavy atom. The fourth-order valence-electron chi connectivity index (χ4n) is 4.99. The van der Waals surface area contributed by atoms with Crippen molar-refractivity contribution in [3.8, 4) is 16.9 Å². The molecule has 0 spiro atoms. The van der Waals surface area contributed by atoms with E-state index in [1.54, 1.807) is 54.6 Å². The maximum Gasteiger partial charge on any atom is 0.435 e. The van der Waals surface area contributed by atoms with Crippen molar-refractivity contribution in [2.45, 2.75) is 44.1 Å². The van der Waals surface area contributed by atoms with Crippen molar-refractivity contribution in [1.82, 2.24) is 19.5 Å². The van der Waals surface area contributed by atoms with Gasteiger partial charge < -0.3 is 9.94 Å². The van der Waals surface area contributed by atoms with Gasteiger partial charge in [-0.15, -0.1) is 5.01 Å². The van der Waals surface area contributed by atoms with E-state index in [0.29, 0.717) is 12.0 Å². The van der Waals surface area contributed by atoms with Crippen molar-refractivity contribution in [2.24, 2.45) is 11.2 Å². The molecule has 1 saturated heterocycles. The molecule has 49 heavy (non-hydrogen) atoms. The summed E-state index contributed by atoms with van der Waals surface area (Å²) in [5.41, 5.74) is 0.834. The number of aromatic nitrogens is 2. The Hall–Kier alpha value is -5.45. The van der Waals surface area contributed by atoms with Gasteiger partial charge in [-0.25, -0.2) is 22.6 Å². The molecule has 1 aliphatic rings. The number of carbonyl (C=O) groups excluding carboxylic acids is 2. The fourth-order valence-corrected chi connectivity index (χ4v) is 6.03. The number of alkyl halides is 3. The van der Waals surface area contributed by atoms with Crippen LogP contribution >= 0.6 is 0 Å². The lowest BCUT2D eigenvalue weighted by molar-refractivity contribution is -0.715. The lowest BCUT2D eigenvalue weighted by Gasteiger charge is -2.28. The molecule has 0 aliphatic carbocycles. The summed E-state index contributed by atoms with van der Waals surface area (Å²) in [6.07, 6.45) is -5.29. The first kappa shape index (κ1) is 34.9. The summed E-state index contributed by atoms with van der Waals surface area (Å²) in [6, 6.07) is 20.7. The number of hydrogen-bond donors (Lipinski definition) is 1. The number of esters is 1. The Balaban J connectivity index is 1.23. The number of halogens is 3. The van der Waals surface area contributed by atoms with Crippen molar-refractivity contribution >= 4 is 21.9 Å².